The Morgan fingerprint density at radius 1 is 1.10 bits per heavy atom. The predicted molar refractivity (Wildman–Crippen MR) is 86.2 cm³/mol. The molecule has 0 unspecified atom stereocenters. The molecule has 0 radical (unpaired) electrons. The van der Waals surface area contributed by atoms with Gasteiger partial charge < -0.3 is 4.57 Å². The van der Waals surface area contributed by atoms with Crippen LogP contribution >= 0.6 is 23.2 Å². The van der Waals surface area contributed by atoms with Gasteiger partial charge in [-0.15, -0.1) is 0 Å². The Balaban J connectivity index is 2.07. The molecular formula is C16H16Cl2N2. The zero-order valence-electron chi connectivity index (χ0n) is 11.4. The number of halogens is 2. The molecule has 1 aromatic heterocycles. The van der Waals surface area contributed by atoms with E-state index < -0.39 is 0 Å². The fourth-order valence-corrected chi connectivity index (χ4v) is 3.25. The van der Waals surface area contributed by atoms with Crippen LogP contribution in [0.15, 0.2) is 35.3 Å². The zero-order valence-corrected chi connectivity index (χ0v) is 12.9. The fourth-order valence-electron chi connectivity index (χ4n) is 2.72. The van der Waals surface area contributed by atoms with Crippen molar-refractivity contribution >= 4 is 28.9 Å². The highest BCUT2D eigenvalue weighted by molar-refractivity contribution is 6.35. The number of benzene rings is 1. The average Bonchev–Trinajstić information content (AvgIpc) is 2.83. The second kappa shape index (κ2) is 5.63. The van der Waals surface area contributed by atoms with Crippen molar-refractivity contribution in [2.45, 2.75) is 26.3 Å². The van der Waals surface area contributed by atoms with Crippen molar-refractivity contribution in [2.24, 2.45) is 4.99 Å². The molecule has 3 rings (SSSR count). The van der Waals surface area contributed by atoms with Crippen LogP contribution in [0.25, 0.3) is 11.3 Å². The summed E-state index contributed by atoms with van der Waals surface area (Å²) >= 11 is 12.2. The lowest BCUT2D eigenvalue weighted by Crippen LogP contribution is -2.18. The van der Waals surface area contributed by atoms with Crippen LogP contribution in [0.5, 0.6) is 0 Å². The lowest BCUT2D eigenvalue weighted by atomic mass is 10.1. The molecule has 1 aliphatic heterocycles. The summed E-state index contributed by atoms with van der Waals surface area (Å²) in [5.74, 6) is 0. The van der Waals surface area contributed by atoms with Crippen LogP contribution in [0, 0.1) is 0 Å². The van der Waals surface area contributed by atoms with Crippen LogP contribution in [0.3, 0.4) is 0 Å². The highest BCUT2D eigenvalue weighted by atomic mass is 35.5. The van der Waals surface area contributed by atoms with E-state index in [1.54, 1.807) is 6.07 Å². The van der Waals surface area contributed by atoms with E-state index in [0.29, 0.717) is 10.0 Å². The third kappa shape index (κ3) is 2.50. The van der Waals surface area contributed by atoms with Crippen LogP contribution in [0.2, 0.25) is 10.0 Å². The molecule has 1 aromatic carbocycles. The Morgan fingerprint density at radius 2 is 1.80 bits per heavy atom. The molecule has 0 saturated carbocycles. The highest BCUT2D eigenvalue weighted by Gasteiger charge is 2.17. The van der Waals surface area contributed by atoms with E-state index in [9.17, 15) is 0 Å². The normalized spacial score (nSPS) is 14.1. The van der Waals surface area contributed by atoms with Gasteiger partial charge in [-0.25, -0.2) is 0 Å². The molecule has 2 aromatic rings. The SMILES string of the molecule is CCCC1=NCCn2c1ccc2-c1cc(Cl)cc(Cl)c1. The van der Waals surface area contributed by atoms with Crippen molar-refractivity contribution in [2.75, 3.05) is 6.54 Å². The van der Waals surface area contributed by atoms with E-state index in [4.69, 9.17) is 23.2 Å². The van der Waals surface area contributed by atoms with E-state index in [1.165, 1.54) is 11.4 Å². The molecule has 0 saturated heterocycles. The monoisotopic (exact) mass is 306 g/mol. The van der Waals surface area contributed by atoms with Crippen molar-refractivity contribution in [1.29, 1.82) is 0 Å². The number of fused-ring (bicyclic) bond motifs is 1. The third-order valence-electron chi connectivity index (χ3n) is 3.55. The summed E-state index contributed by atoms with van der Waals surface area (Å²) in [4.78, 5) is 4.65. The lowest BCUT2D eigenvalue weighted by molar-refractivity contribution is 0.689. The largest absolute Gasteiger partial charge is 0.338 e. The van der Waals surface area contributed by atoms with Gasteiger partial charge in [-0.05, 0) is 36.8 Å². The van der Waals surface area contributed by atoms with Crippen LogP contribution < -0.4 is 0 Å². The minimum absolute atomic E-state index is 0.668. The van der Waals surface area contributed by atoms with Crippen molar-refractivity contribution in [1.82, 2.24) is 4.57 Å². The first kappa shape index (κ1) is 13.7. The van der Waals surface area contributed by atoms with Gasteiger partial charge in [0.2, 0.25) is 0 Å². The molecule has 2 heterocycles. The Bertz CT molecular complexity index is 651. The lowest BCUT2D eigenvalue weighted by Gasteiger charge is -2.19. The van der Waals surface area contributed by atoms with Gasteiger partial charge in [-0.2, -0.15) is 0 Å². The van der Waals surface area contributed by atoms with E-state index in [1.807, 2.05) is 12.1 Å². The summed E-state index contributed by atoms with van der Waals surface area (Å²) in [6.45, 7) is 3.94. The summed E-state index contributed by atoms with van der Waals surface area (Å²) in [5.41, 5.74) is 4.65. The summed E-state index contributed by atoms with van der Waals surface area (Å²) < 4.78 is 2.32. The van der Waals surface area contributed by atoms with E-state index in [0.717, 1.165) is 37.2 Å². The first-order valence-electron chi connectivity index (χ1n) is 6.88. The standard InChI is InChI=1S/C16H16Cl2N2/c1-2-3-14-16-5-4-15(20(16)7-6-19-14)11-8-12(17)10-13(18)9-11/h4-5,8-10H,2-3,6-7H2,1H3. The van der Waals surface area contributed by atoms with Gasteiger partial charge in [0.25, 0.3) is 0 Å². The summed E-state index contributed by atoms with van der Waals surface area (Å²) in [6, 6.07) is 9.96. The Hall–Kier alpha value is -1.25. The molecule has 104 valence electrons. The van der Waals surface area contributed by atoms with Crippen LogP contribution in [0.4, 0.5) is 0 Å². The maximum atomic E-state index is 6.11. The predicted octanol–water partition coefficient (Wildman–Crippen LogP) is 5.06. The van der Waals surface area contributed by atoms with Gasteiger partial charge in [0.15, 0.2) is 0 Å². The van der Waals surface area contributed by atoms with Crippen LogP contribution in [0.1, 0.15) is 25.5 Å². The zero-order chi connectivity index (χ0) is 14.1. The van der Waals surface area contributed by atoms with E-state index in [2.05, 4.69) is 28.6 Å². The summed E-state index contributed by atoms with van der Waals surface area (Å²) in [7, 11) is 0. The maximum Gasteiger partial charge on any atom is 0.0626 e. The van der Waals surface area contributed by atoms with Crippen LogP contribution in [-0.2, 0) is 6.54 Å². The number of hydrogen-bond acceptors (Lipinski definition) is 1. The highest BCUT2D eigenvalue weighted by Crippen LogP contribution is 2.30. The van der Waals surface area contributed by atoms with Crippen LogP contribution in [-0.4, -0.2) is 16.8 Å². The molecule has 0 aliphatic carbocycles. The van der Waals surface area contributed by atoms with Gasteiger partial charge in [-0.3, -0.25) is 4.99 Å². The van der Waals surface area contributed by atoms with Gasteiger partial charge in [0.1, 0.15) is 0 Å². The number of aliphatic imine (C=N–C) groups is 1. The smallest absolute Gasteiger partial charge is 0.0626 e. The average molecular weight is 307 g/mol. The van der Waals surface area contributed by atoms with Gasteiger partial charge in [0, 0.05) is 27.8 Å². The quantitative estimate of drug-likeness (QED) is 0.754. The second-order valence-corrected chi connectivity index (χ2v) is 5.86. The molecule has 1 aliphatic rings. The molecule has 0 amide bonds. The first-order chi connectivity index (χ1) is 9.69. The Morgan fingerprint density at radius 3 is 2.50 bits per heavy atom. The van der Waals surface area contributed by atoms with Gasteiger partial charge >= 0.3 is 0 Å². The van der Waals surface area contributed by atoms with E-state index in [-0.39, 0.29) is 0 Å². The van der Waals surface area contributed by atoms with Crippen molar-refractivity contribution in [3.8, 4) is 11.3 Å². The summed E-state index contributed by atoms with van der Waals surface area (Å²) in [5, 5.41) is 1.34. The number of aromatic nitrogens is 1. The minimum Gasteiger partial charge on any atom is -0.338 e. The molecule has 0 N–H and O–H groups in total. The fraction of sp³-hybridized carbons (Fsp3) is 0.312. The van der Waals surface area contributed by atoms with Crippen molar-refractivity contribution in [3.63, 3.8) is 0 Å². The number of nitrogens with zero attached hydrogens (tertiary/aromatic N) is 2. The number of rotatable bonds is 3. The molecular weight excluding hydrogens is 291 g/mol. The maximum absolute atomic E-state index is 6.11. The topological polar surface area (TPSA) is 17.3 Å². The minimum atomic E-state index is 0.668. The molecule has 4 heteroatoms. The molecule has 20 heavy (non-hydrogen) atoms. The Kier molecular flexibility index (Phi) is 3.86. The van der Waals surface area contributed by atoms with Gasteiger partial charge in [0.05, 0.1) is 18.0 Å². The second-order valence-electron chi connectivity index (χ2n) is 4.99. The van der Waals surface area contributed by atoms with Crippen molar-refractivity contribution < 1.29 is 0 Å². The molecule has 0 bridgehead atoms. The number of hydrogen-bond donors (Lipinski definition) is 0. The van der Waals surface area contributed by atoms with E-state index >= 15 is 0 Å². The Labute approximate surface area is 129 Å². The molecule has 0 spiro atoms. The molecule has 0 atom stereocenters. The third-order valence-corrected chi connectivity index (χ3v) is 3.98. The van der Waals surface area contributed by atoms with Crippen molar-refractivity contribution in [3.05, 3.63) is 46.1 Å². The molecule has 2 nitrogen and oxygen atoms in total. The van der Waals surface area contributed by atoms with Gasteiger partial charge in [-0.1, -0.05) is 36.5 Å². The summed E-state index contributed by atoms with van der Waals surface area (Å²) in [6.07, 6.45) is 2.14. The molecule has 0 fully saturated rings. The first-order valence-corrected chi connectivity index (χ1v) is 7.64.